The summed E-state index contributed by atoms with van der Waals surface area (Å²) in [5, 5.41) is 9.15. The molecule has 0 spiro atoms. The number of nitrogens with one attached hydrogen (secondary N) is 2. The lowest BCUT2D eigenvalue weighted by Gasteiger charge is -1.98. The van der Waals surface area contributed by atoms with E-state index in [0.29, 0.717) is 11.8 Å². The summed E-state index contributed by atoms with van der Waals surface area (Å²) in [6.07, 6.45) is 0. The molecule has 14 heavy (non-hydrogen) atoms. The van der Waals surface area contributed by atoms with Crippen LogP contribution in [0, 0.1) is 0 Å². The molecule has 0 saturated heterocycles. The van der Waals surface area contributed by atoms with Gasteiger partial charge < -0.3 is 9.84 Å². The van der Waals surface area contributed by atoms with Gasteiger partial charge in [-0.2, -0.15) is 0 Å². The highest BCUT2D eigenvalue weighted by Gasteiger charge is 2.09. The predicted octanol–water partition coefficient (Wildman–Crippen LogP) is 0.956. The van der Waals surface area contributed by atoms with Gasteiger partial charge in [-0.05, 0) is 13.0 Å². The van der Waals surface area contributed by atoms with E-state index in [2.05, 4.69) is 15.8 Å². The number of likely N-dealkylation sites (N-methyl/N-ethyl adjacent to an activating group) is 1. The van der Waals surface area contributed by atoms with Gasteiger partial charge in [0.15, 0.2) is 0 Å². The van der Waals surface area contributed by atoms with Crippen LogP contribution in [-0.4, -0.2) is 24.7 Å². The third-order valence-corrected chi connectivity index (χ3v) is 1.72. The van der Waals surface area contributed by atoms with Gasteiger partial charge in [-0.3, -0.25) is 10.1 Å². The van der Waals surface area contributed by atoms with Crippen LogP contribution in [0.2, 0.25) is 0 Å². The maximum absolute atomic E-state index is 11.1. The second-order valence-corrected chi connectivity index (χ2v) is 3.35. The highest BCUT2D eigenvalue weighted by atomic mass is 16.5. The Balaban J connectivity index is 2.55. The molecule has 0 aliphatic carbocycles. The van der Waals surface area contributed by atoms with Gasteiger partial charge in [-0.1, -0.05) is 19.0 Å². The Kier molecular flexibility index (Phi) is 3.64. The summed E-state index contributed by atoms with van der Waals surface area (Å²) in [5.74, 6) is 0.557. The lowest BCUT2D eigenvalue weighted by molar-refractivity contribution is -0.115. The topological polar surface area (TPSA) is 67.2 Å². The van der Waals surface area contributed by atoms with Gasteiger partial charge in [0.1, 0.15) is 0 Å². The van der Waals surface area contributed by atoms with Crippen molar-refractivity contribution in [3.8, 4) is 0 Å². The third kappa shape index (κ3) is 2.85. The van der Waals surface area contributed by atoms with Crippen molar-refractivity contribution in [1.29, 1.82) is 0 Å². The Morgan fingerprint density at radius 3 is 2.86 bits per heavy atom. The Bertz CT molecular complexity index is 307. The van der Waals surface area contributed by atoms with Gasteiger partial charge >= 0.3 is 0 Å². The summed E-state index contributed by atoms with van der Waals surface area (Å²) in [6, 6.07) is 1.73. The van der Waals surface area contributed by atoms with Crippen molar-refractivity contribution < 1.29 is 9.32 Å². The molecule has 0 fully saturated rings. The lowest BCUT2D eigenvalue weighted by atomic mass is 10.1. The van der Waals surface area contributed by atoms with Crippen molar-refractivity contribution in [1.82, 2.24) is 10.5 Å². The number of hydrogen-bond donors (Lipinski definition) is 2. The van der Waals surface area contributed by atoms with E-state index in [4.69, 9.17) is 4.52 Å². The minimum Gasteiger partial charge on any atom is -0.338 e. The second-order valence-electron chi connectivity index (χ2n) is 3.35. The van der Waals surface area contributed by atoms with Gasteiger partial charge in [0, 0.05) is 6.07 Å². The smallest absolute Gasteiger partial charge is 0.240 e. The fourth-order valence-electron chi connectivity index (χ4n) is 0.962. The van der Waals surface area contributed by atoms with E-state index in [1.807, 2.05) is 13.8 Å². The zero-order valence-electron chi connectivity index (χ0n) is 8.63. The van der Waals surface area contributed by atoms with Crippen molar-refractivity contribution in [2.75, 3.05) is 18.9 Å². The molecule has 1 heterocycles. The van der Waals surface area contributed by atoms with Gasteiger partial charge in [-0.15, -0.1) is 0 Å². The van der Waals surface area contributed by atoms with E-state index in [0.717, 1.165) is 5.69 Å². The fraction of sp³-hybridized carbons (Fsp3) is 0.556. The predicted molar refractivity (Wildman–Crippen MR) is 53.1 cm³/mol. The highest BCUT2D eigenvalue weighted by molar-refractivity contribution is 5.90. The second kappa shape index (κ2) is 4.76. The molecule has 5 heteroatoms. The Morgan fingerprint density at radius 2 is 2.36 bits per heavy atom. The summed E-state index contributed by atoms with van der Waals surface area (Å²) in [5.41, 5.74) is 0.838. The molecule has 0 aliphatic rings. The normalized spacial score (nSPS) is 10.6. The van der Waals surface area contributed by atoms with E-state index < -0.39 is 0 Å². The molecule has 1 aromatic heterocycles. The first-order valence-electron chi connectivity index (χ1n) is 4.54. The minimum absolute atomic E-state index is 0.140. The molecule has 1 amide bonds. The van der Waals surface area contributed by atoms with E-state index in [1.165, 1.54) is 0 Å². The number of rotatable bonds is 4. The Hall–Kier alpha value is -1.36. The van der Waals surface area contributed by atoms with Crippen LogP contribution in [0.15, 0.2) is 10.6 Å². The zero-order chi connectivity index (χ0) is 10.6. The molecule has 0 bridgehead atoms. The molecule has 0 aliphatic heterocycles. The van der Waals surface area contributed by atoms with Crippen molar-refractivity contribution in [3.05, 3.63) is 11.8 Å². The number of aromatic nitrogens is 1. The quantitative estimate of drug-likeness (QED) is 0.754. The monoisotopic (exact) mass is 197 g/mol. The lowest BCUT2D eigenvalue weighted by Crippen LogP contribution is -2.24. The molecule has 1 aromatic rings. The molecule has 0 aromatic carbocycles. The first kappa shape index (κ1) is 10.7. The average molecular weight is 197 g/mol. The van der Waals surface area contributed by atoms with Crippen molar-refractivity contribution in [3.63, 3.8) is 0 Å². The van der Waals surface area contributed by atoms with Gasteiger partial charge in [-0.25, -0.2) is 0 Å². The van der Waals surface area contributed by atoms with Gasteiger partial charge in [0.2, 0.25) is 11.8 Å². The average Bonchev–Trinajstić information content (AvgIpc) is 2.53. The van der Waals surface area contributed by atoms with Crippen molar-refractivity contribution >= 4 is 11.8 Å². The largest absolute Gasteiger partial charge is 0.338 e. The van der Waals surface area contributed by atoms with Crippen LogP contribution in [0.3, 0.4) is 0 Å². The number of amides is 1. The fourth-order valence-corrected chi connectivity index (χ4v) is 0.962. The summed E-state index contributed by atoms with van der Waals surface area (Å²) in [7, 11) is 1.71. The molecule has 0 radical (unpaired) electrons. The third-order valence-electron chi connectivity index (χ3n) is 1.72. The van der Waals surface area contributed by atoms with Crippen molar-refractivity contribution in [2.24, 2.45) is 0 Å². The number of nitrogens with zero attached hydrogens (tertiary/aromatic N) is 1. The van der Waals surface area contributed by atoms with Crippen LogP contribution in [-0.2, 0) is 4.79 Å². The SMILES string of the molecule is CNCC(=O)Nc1cc(C(C)C)no1. The molecule has 0 atom stereocenters. The Labute approximate surface area is 82.8 Å². The summed E-state index contributed by atoms with van der Waals surface area (Å²) in [6.45, 7) is 4.28. The maximum atomic E-state index is 11.1. The number of carbonyl (C=O) groups excluding carboxylic acids is 1. The minimum atomic E-state index is -0.140. The number of anilines is 1. The van der Waals surface area contributed by atoms with Crippen LogP contribution in [0.1, 0.15) is 25.5 Å². The molecular formula is C9H15N3O2. The standard InChI is InChI=1S/C9H15N3O2/c1-6(2)7-4-9(14-12-7)11-8(13)5-10-3/h4,6,10H,5H2,1-3H3,(H,11,13). The summed E-state index contributed by atoms with van der Waals surface area (Å²) in [4.78, 5) is 11.1. The van der Waals surface area contributed by atoms with E-state index in [1.54, 1.807) is 13.1 Å². The van der Waals surface area contributed by atoms with Crippen LogP contribution >= 0.6 is 0 Å². The van der Waals surface area contributed by atoms with Crippen molar-refractivity contribution in [2.45, 2.75) is 19.8 Å². The van der Waals surface area contributed by atoms with E-state index in [-0.39, 0.29) is 12.5 Å². The van der Waals surface area contributed by atoms with Gasteiger partial charge in [0.25, 0.3) is 0 Å². The molecule has 2 N–H and O–H groups in total. The Morgan fingerprint density at radius 1 is 1.64 bits per heavy atom. The first-order chi connectivity index (χ1) is 6.63. The number of hydrogen-bond acceptors (Lipinski definition) is 4. The summed E-state index contributed by atoms with van der Waals surface area (Å²) < 4.78 is 4.93. The number of carbonyl (C=O) groups is 1. The van der Waals surface area contributed by atoms with Crippen LogP contribution in [0.4, 0.5) is 5.88 Å². The zero-order valence-corrected chi connectivity index (χ0v) is 8.63. The van der Waals surface area contributed by atoms with Crippen LogP contribution < -0.4 is 10.6 Å². The van der Waals surface area contributed by atoms with E-state index >= 15 is 0 Å². The molecule has 78 valence electrons. The molecule has 1 rings (SSSR count). The van der Waals surface area contributed by atoms with Gasteiger partial charge in [0.05, 0.1) is 12.2 Å². The molecular weight excluding hydrogens is 182 g/mol. The van der Waals surface area contributed by atoms with Crippen LogP contribution in [0.5, 0.6) is 0 Å². The molecule has 0 unspecified atom stereocenters. The summed E-state index contributed by atoms with van der Waals surface area (Å²) >= 11 is 0. The van der Waals surface area contributed by atoms with E-state index in [9.17, 15) is 4.79 Å². The maximum Gasteiger partial charge on any atom is 0.240 e. The molecule has 5 nitrogen and oxygen atoms in total. The molecule has 0 saturated carbocycles. The first-order valence-corrected chi connectivity index (χ1v) is 4.54. The highest BCUT2D eigenvalue weighted by Crippen LogP contribution is 2.16. The van der Waals surface area contributed by atoms with Crippen LogP contribution in [0.25, 0.3) is 0 Å².